The molecule has 0 radical (unpaired) electrons. The summed E-state index contributed by atoms with van der Waals surface area (Å²) in [4.78, 5) is 7.07. The van der Waals surface area contributed by atoms with Crippen LogP contribution in [-0.2, 0) is 11.3 Å². The molecule has 144 valence electrons. The van der Waals surface area contributed by atoms with Crippen molar-refractivity contribution >= 4 is 5.96 Å². The van der Waals surface area contributed by atoms with Gasteiger partial charge in [-0.15, -0.1) is 6.58 Å². The standard InChI is InChI=1S/C21H34N4O/c1-3-13-23-21(22-4-2)24-14-8-17-26-20-11-15-25(16-12-20)18-19-9-6-5-7-10-19/h3,5-7,9-10,20H,1,4,8,11-18H2,2H3,(H2,22,23,24). The number of likely N-dealkylation sites (tertiary alicyclic amines) is 1. The van der Waals surface area contributed by atoms with Crippen molar-refractivity contribution in [1.82, 2.24) is 15.5 Å². The Labute approximate surface area is 158 Å². The average molecular weight is 359 g/mol. The van der Waals surface area contributed by atoms with Crippen molar-refractivity contribution in [2.45, 2.75) is 38.8 Å². The normalized spacial score (nSPS) is 16.4. The maximum atomic E-state index is 6.05. The summed E-state index contributed by atoms with van der Waals surface area (Å²) in [5.41, 5.74) is 1.39. The monoisotopic (exact) mass is 358 g/mol. The van der Waals surface area contributed by atoms with Crippen molar-refractivity contribution in [3.05, 3.63) is 48.6 Å². The van der Waals surface area contributed by atoms with E-state index in [1.54, 1.807) is 0 Å². The van der Waals surface area contributed by atoms with E-state index in [-0.39, 0.29) is 0 Å². The highest BCUT2D eigenvalue weighted by Crippen LogP contribution is 2.16. The SMILES string of the molecule is C=CCNC(=NCCCOC1CCN(Cc2ccccc2)CC1)NCC. The van der Waals surface area contributed by atoms with Gasteiger partial charge >= 0.3 is 0 Å². The van der Waals surface area contributed by atoms with Gasteiger partial charge in [-0.3, -0.25) is 9.89 Å². The fourth-order valence-corrected chi connectivity index (χ4v) is 3.09. The number of hydrogen-bond acceptors (Lipinski definition) is 3. The Hall–Kier alpha value is -1.85. The zero-order valence-corrected chi connectivity index (χ0v) is 16.1. The van der Waals surface area contributed by atoms with Crippen LogP contribution in [0.15, 0.2) is 48.0 Å². The molecule has 0 saturated carbocycles. The fourth-order valence-electron chi connectivity index (χ4n) is 3.09. The van der Waals surface area contributed by atoms with Gasteiger partial charge in [-0.25, -0.2) is 0 Å². The van der Waals surface area contributed by atoms with Crippen LogP contribution in [0.4, 0.5) is 0 Å². The van der Waals surface area contributed by atoms with Gasteiger partial charge in [-0.1, -0.05) is 36.4 Å². The molecular weight excluding hydrogens is 324 g/mol. The summed E-state index contributed by atoms with van der Waals surface area (Å²) in [6.07, 6.45) is 5.44. The molecule has 26 heavy (non-hydrogen) atoms. The van der Waals surface area contributed by atoms with E-state index in [0.29, 0.717) is 6.10 Å². The minimum absolute atomic E-state index is 0.401. The van der Waals surface area contributed by atoms with Gasteiger partial charge in [0.05, 0.1) is 6.10 Å². The van der Waals surface area contributed by atoms with Gasteiger partial charge in [-0.05, 0) is 31.7 Å². The molecule has 0 aromatic heterocycles. The topological polar surface area (TPSA) is 48.9 Å². The van der Waals surface area contributed by atoms with Gasteiger partial charge in [-0.2, -0.15) is 0 Å². The highest BCUT2D eigenvalue weighted by atomic mass is 16.5. The molecule has 1 fully saturated rings. The molecule has 1 heterocycles. The van der Waals surface area contributed by atoms with Crippen molar-refractivity contribution in [2.24, 2.45) is 4.99 Å². The van der Waals surface area contributed by atoms with Crippen LogP contribution in [0, 0.1) is 0 Å². The van der Waals surface area contributed by atoms with E-state index in [0.717, 1.165) is 71.1 Å². The number of piperidine rings is 1. The quantitative estimate of drug-likeness (QED) is 0.292. The first-order chi connectivity index (χ1) is 12.8. The Kier molecular flexibility index (Phi) is 9.83. The molecule has 1 aromatic rings. The lowest BCUT2D eigenvalue weighted by Gasteiger charge is -2.31. The van der Waals surface area contributed by atoms with Gasteiger partial charge < -0.3 is 15.4 Å². The second kappa shape index (κ2) is 12.5. The van der Waals surface area contributed by atoms with Crippen molar-refractivity contribution in [2.75, 3.05) is 39.3 Å². The molecule has 1 aromatic carbocycles. The smallest absolute Gasteiger partial charge is 0.191 e. The highest BCUT2D eigenvalue weighted by molar-refractivity contribution is 5.79. The van der Waals surface area contributed by atoms with Crippen LogP contribution in [-0.4, -0.2) is 56.3 Å². The Morgan fingerprint density at radius 2 is 2.04 bits per heavy atom. The van der Waals surface area contributed by atoms with E-state index in [9.17, 15) is 0 Å². The number of nitrogens with one attached hydrogen (secondary N) is 2. The molecular formula is C21H34N4O. The molecule has 1 aliphatic rings. The van der Waals surface area contributed by atoms with Crippen LogP contribution < -0.4 is 10.6 Å². The van der Waals surface area contributed by atoms with Crippen molar-refractivity contribution in [3.63, 3.8) is 0 Å². The van der Waals surface area contributed by atoms with Crippen LogP contribution in [0.3, 0.4) is 0 Å². The summed E-state index contributed by atoms with van der Waals surface area (Å²) in [5.74, 6) is 0.849. The first-order valence-corrected chi connectivity index (χ1v) is 9.82. The Balaban J connectivity index is 1.57. The lowest BCUT2D eigenvalue weighted by molar-refractivity contribution is 0.00566. The molecule has 1 saturated heterocycles. The van der Waals surface area contributed by atoms with Gasteiger partial charge in [0.15, 0.2) is 5.96 Å². The van der Waals surface area contributed by atoms with Crippen LogP contribution in [0.2, 0.25) is 0 Å². The van der Waals surface area contributed by atoms with Crippen LogP contribution in [0.1, 0.15) is 31.7 Å². The minimum Gasteiger partial charge on any atom is -0.378 e. The summed E-state index contributed by atoms with van der Waals surface area (Å²) in [7, 11) is 0. The largest absolute Gasteiger partial charge is 0.378 e. The summed E-state index contributed by atoms with van der Waals surface area (Å²) < 4.78 is 6.05. The van der Waals surface area contributed by atoms with Crippen molar-refractivity contribution < 1.29 is 4.74 Å². The third-order valence-corrected chi connectivity index (χ3v) is 4.47. The molecule has 0 unspecified atom stereocenters. The number of hydrogen-bond donors (Lipinski definition) is 2. The van der Waals surface area contributed by atoms with Crippen LogP contribution in [0.5, 0.6) is 0 Å². The maximum Gasteiger partial charge on any atom is 0.191 e. The summed E-state index contributed by atoms with van der Waals surface area (Å²) in [5, 5.41) is 6.44. The average Bonchev–Trinajstić information content (AvgIpc) is 2.68. The molecule has 0 atom stereocenters. The number of rotatable bonds is 10. The van der Waals surface area contributed by atoms with Crippen molar-refractivity contribution in [3.8, 4) is 0 Å². The van der Waals surface area contributed by atoms with Gasteiger partial charge in [0.25, 0.3) is 0 Å². The predicted molar refractivity (Wildman–Crippen MR) is 109 cm³/mol. The number of nitrogens with zero attached hydrogens (tertiary/aromatic N) is 2. The van der Waals surface area contributed by atoms with E-state index in [1.807, 2.05) is 6.08 Å². The molecule has 2 rings (SSSR count). The van der Waals surface area contributed by atoms with E-state index in [1.165, 1.54) is 5.56 Å². The maximum absolute atomic E-state index is 6.05. The second-order valence-corrected chi connectivity index (χ2v) is 6.62. The van der Waals surface area contributed by atoms with E-state index in [4.69, 9.17) is 4.74 Å². The fraction of sp³-hybridized carbons (Fsp3) is 0.571. The van der Waals surface area contributed by atoms with Gasteiger partial charge in [0.1, 0.15) is 0 Å². The zero-order chi connectivity index (χ0) is 18.5. The Morgan fingerprint density at radius 3 is 2.73 bits per heavy atom. The van der Waals surface area contributed by atoms with Crippen molar-refractivity contribution in [1.29, 1.82) is 0 Å². The molecule has 2 N–H and O–H groups in total. The zero-order valence-electron chi connectivity index (χ0n) is 16.1. The van der Waals surface area contributed by atoms with E-state index in [2.05, 4.69) is 64.4 Å². The molecule has 0 spiro atoms. The molecule has 0 amide bonds. The van der Waals surface area contributed by atoms with E-state index >= 15 is 0 Å². The molecule has 1 aliphatic heterocycles. The lowest BCUT2D eigenvalue weighted by atomic mass is 10.1. The molecule has 5 heteroatoms. The number of benzene rings is 1. The van der Waals surface area contributed by atoms with Crippen LogP contribution >= 0.6 is 0 Å². The summed E-state index contributed by atoms with van der Waals surface area (Å²) in [6.45, 7) is 12.2. The Morgan fingerprint density at radius 1 is 1.27 bits per heavy atom. The second-order valence-electron chi connectivity index (χ2n) is 6.62. The first kappa shape index (κ1) is 20.5. The summed E-state index contributed by atoms with van der Waals surface area (Å²) >= 11 is 0. The molecule has 5 nitrogen and oxygen atoms in total. The summed E-state index contributed by atoms with van der Waals surface area (Å²) in [6, 6.07) is 10.7. The predicted octanol–water partition coefficient (Wildman–Crippen LogP) is 2.80. The highest BCUT2D eigenvalue weighted by Gasteiger charge is 2.19. The minimum atomic E-state index is 0.401. The van der Waals surface area contributed by atoms with Crippen LogP contribution in [0.25, 0.3) is 0 Å². The third kappa shape index (κ3) is 8.02. The van der Waals surface area contributed by atoms with E-state index < -0.39 is 0 Å². The third-order valence-electron chi connectivity index (χ3n) is 4.47. The molecule has 0 bridgehead atoms. The number of guanidine groups is 1. The van der Waals surface area contributed by atoms with Gasteiger partial charge in [0.2, 0.25) is 0 Å². The number of ether oxygens (including phenoxy) is 1. The number of aliphatic imine (C=N–C) groups is 1. The van der Waals surface area contributed by atoms with Gasteiger partial charge in [0, 0.05) is 45.9 Å². The first-order valence-electron chi connectivity index (χ1n) is 9.82. The molecule has 0 aliphatic carbocycles. The Bertz CT molecular complexity index is 524. The lowest BCUT2D eigenvalue weighted by Crippen LogP contribution is -2.37.